The number of carboxylic acids is 1. The maximum atomic E-state index is 13.2. The molecule has 2 heterocycles. The van der Waals surface area contributed by atoms with Crippen LogP contribution in [0.2, 0.25) is 0 Å². The van der Waals surface area contributed by atoms with Gasteiger partial charge in [-0.05, 0) is 49.1 Å². The Bertz CT molecular complexity index is 1550. The van der Waals surface area contributed by atoms with Crippen LogP contribution in [0.1, 0.15) is 33.3 Å². The first kappa shape index (κ1) is 25.1. The highest BCUT2D eigenvalue weighted by Gasteiger charge is 2.28. The van der Waals surface area contributed by atoms with Crippen LogP contribution in [-0.2, 0) is 17.6 Å². The van der Waals surface area contributed by atoms with Crippen LogP contribution in [0, 0.1) is 6.92 Å². The second-order valence-corrected chi connectivity index (χ2v) is 9.68. The number of fused-ring (bicyclic) bond motifs is 1. The van der Waals surface area contributed by atoms with Crippen LogP contribution < -0.4 is 16.6 Å². The molecule has 2 aromatic carbocycles. The van der Waals surface area contributed by atoms with Crippen LogP contribution in [-0.4, -0.2) is 43.8 Å². The smallest absolute Gasteiger partial charge is 0.334 e. The number of aliphatic hydroxyl groups excluding tert-OH is 1. The summed E-state index contributed by atoms with van der Waals surface area (Å²) in [5.74, 6) is -2.10. The van der Waals surface area contributed by atoms with Crippen LogP contribution in [0.4, 0.5) is 0 Å². The summed E-state index contributed by atoms with van der Waals surface area (Å²) in [7, 11) is 0. The van der Waals surface area contributed by atoms with E-state index in [1.54, 1.807) is 42.5 Å². The van der Waals surface area contributed by atoms with Crippen LogP contribution in [0.3, 0.4) is 0 Å². The molecule has 0 fully saturated rings. The van der Waals surface area contributed by atoms with E-state index in [1.807, 2.05) is 13.8 Å². The highest BCUT2D eigenvalue weighted by molar-refractivity contribution is 7.18. The van der Waals surface area contributed by atoms with E-state index in [0.29, 0.717) is 22.2 Å². The van der Waals surface area contributed by atoms with E-state index in [1.165, 1.54) is 23.5 Å². The number of nitrogens with one attached hydrogen (secondary N) is 2. The number of hydrogen-bond donors (Lipinski definition) is 4. The number of aromatic amines is 1. The standard InChI is InChI=1S/C26H25N3O6S/c1-3-16-9-10-17(13-20(16)29-24(32)18-11-14(2)36-23(18)28-26(29)35)22(31)27-19(21(30)25(33)34)12-15-7-5-4-6-8-15/h4-11,13,19,21,30H,3,12H2,1-2H3,(H,27,31)(H,28,35)(H,33,34)/t19-,21-/m1/s1. The van der Waals surface area contributed by atoms with E-state index in [4.69, 9.17) is 0 Å². The highest BCUT2D eigenvalue weighted by Crippen LogP contribution is 2.21. The molecule has 0 aliphatic rings. The first-order chi connectivity index (χ1) is 17.2. The Hall–Kier alpha value is -4.02. The number of hydrogen-bond acceptors (Lipinski definition) is 6. The number of aliphatic hydroxyl groups is 1. The van der Waals surface area contributed by atoms with Crippen LogP contribution in [0.5, 0.6) is 0 Å². The number of H-pyrrole nitrogens is 1. The molecule has 10 heteroatoms. The second kappa shape index (κ2) is 10.3. The van der Waals surface area contributed by atoms with Gasteiger partial charge in [0.25, 0.3) is 11.5 Å². The third-order valence-electron chi connectivity index (χ3n) is 5.93. The van der Waals surface area contributed by atoms with Gasteiger partial charge in [0.15, 0.2) is 6.10 Å². The molecule has 2 aromatic heterocycles. The highest BCUT2D eigenvalue weighted by atomic mass is 32.1. The van der Waals surface area contributed by atoms with Gasteiger partial charge in [-0.2, -0.15) is 0 Å². The van der Waals surface area contributed by atoms with Gasteiger partial charge in [-0.3, -0.25) is 14.6 Å². The van der Waals surface area contributed by atoms with Crippen molar-refractivity contribution in [2.75, 3.05) is 0 Å². The summed E-state index contributed by atoms with van der Waals surface area (Å²) in [5.41, 5.74) is 0.684. The fraction of sp³-hybridized carbons (Fsp3) is 0.231. The fourth-order valence-corrected chi connectivity index (χ4v) is 4.99. The van der Waals surface area contributed by atoms with E-state index in [-0.39, 0.29) is 17.7 Å². The zero-order chi connectivity index (χ0) is 26.0. The van der Waals surface area contributed by atoms with E-state index in [9.17, 15) is 29.4 Å². The minimum absolute atomic E-state index is 0.0905. The van der Waals surface area contributed by atoms with E-state index in [2.05, 4.69) is 10.3 Å². The van der Waals surface area contributed by atoms with E-state index < -0.39 is 35.3 Å². The molecule has 1 amide bonds. The van der Waals surface area contributed by atoms with Gasteiger partial charge in [0.2, 0.25) is 0 Å². The quantitative estimate of drug-likeness (QED) is 0.289. The Labute approximate surface area is 209 Å². The molecule has 0 bridgehead atoms. The summed E-state index contributed by atoms with van der Waals surface area (Å²) in [4.78, 5) is 54.8. The van der Waals surface area contributed by atoms with E-state index in [0.717, 1.165) is 15.0 Å². The van der Waals surface area contributed by atoms with Crippen molar-refractivity contribution in [1.82, 2.24) is 14.9 Å². The van der Waals surface area contributed by atoms with Crippen molar-refractivity contribution in [3.8, 4) is 5.69 Å². The van der Waals surface area contributed by atoms with Gasteiger partial charge in [0.1, 0.15) is 4.83 Å². The number of aromatic nitrogens is 2. The van der Waals surface area contributed by atoms with Crippen molar-refractivity contribution < 1.29 is 19.8 Å². The van der Waals surface area contributed by atoms with Crippen molar-refractivity contribution in [3.63, 3.8) is 0 Å². The average Bonchev–Trinajstić information content (AvgIpc) is 3.23. The lowest BCUT2D eigenvalue weighted by atomic mass is 10.00. The summed E-state index contributed by atoms with van der Waals surface area (Å²) in [6.45, 7) is 3.71. The lowest BCUT2D eigenvalue weighted by molar-refractivity contribution is -0.148. The maximum absolute atomic E-state index is 13.2. The minimum atomic E-state index is -1.83. The van der Waals surface area contributed by atoms with Crippen molar-refractivity contribution in [2.24, 2.45) is 0 Å². The number of carbonyl (C=O) groups excluding carboxylic acids is 1. The molecule has 0 saturated heterocycles. The molecule has 0 saturated carbocycles. The molecule has 36 heavy (non-hydrogen) atoms. The molecule has 186 valence electrons. The fourth-order valence-electron chi connectivity index (χ4n) is 4.10. The maximum Gasteiger partial charge on any atom is 0.334 e. The summed E-state index contributed by atoms with van der Waals surface area (Å²) in [6, 6.07) is 14.1. The molecular weight excluding hydrogens is 482 g/mol. The lowest BCUT2D eigenvalue weighted by Crippen LogP contribution is -2.48. The number of nitrogens with zero attached hydrogens (tertiary/aromatic N) is 1. The molecule has 2 atom stereocenters. The Kier molecular flexibility index (Phi) is 7.18. The second-order valence-electron chi connectivity index (χ2n) is 8.42. The number of aliphatic carboxylic acids is 1. The number of benzene rings is 2. The van der Waals surface area contributed by atoms with Gasteiger partial charge in [-0.1, -0.05) is 43.3 Å². The van der Waals surface area contributed by atoms with Gasteiger partial charge in [-0.15, -0.1) is 11.3 Å². The molecule has 4 rings (SSSR count). The van der Waals surface area contributed by atoms with Crippen LogP contribution in [0.25, 0.3) is 15.9 Å². The normalized spacial score (nSPS) is 12.9. The third kappa shape index (κ3) is 5.00. The minimum Gasteiger partial charge on any atom is -0.479 e. The van der Waals surface area contributed by atoms with Crippen molar-refractivity contribution in [1.29, 1.82) is 0 Å². The predicted octanol–water partition coefficient (Wildman–Crippen LogP) is 2.40. The Balaban J connectivity index is 1.73. The molecule has 4 N–H and O–H groups in total. The third-order valence-corrected chi connectivity index (χ3v) is 6.90. The topological polar surface area (TPSA) is 141 Å². The molecule has 0 radical (unpaired) electrons. The van der Waals surface area contributed by atoms with Crippen LogP contribution in [0.15, 0.2) is 64.2 Å². The molecule has 0 aliphatic heterocycles. The van der Waals surface area contributed by atoms with Gasteiger partial charge in [0.05, 0.1) is 17.1 Å². The van der Waals surface area contributed by atoms with Crippen LogP contribution >= 0.6 is 11.3 Å². The van der Waals surface area contributed by atoms with E-state index >= 15 is 0 Å². The Morgan fingerprint density at radius 2 is 1.83 bits per heavy atom. The largest absolute Gasteiger partial charge is 0.479 e. The molecule has 9 nitrogen and oxygen atoms in total. The van der Waals surface area contributed by atoms with Gasteiger partial charge >= 0.3 is 11.7 Å². The number of amides is 1. The monoisotopic (exact) mass is 507 g/mol. The predicted molar refractivity (Wildman–Crippen MR) is 137 cm³/mol. The van der Waals surface area contributed by atoms with Crippen molar-refractivity contribution >= 4 is 33.4 Å². The SMILES string of the molecule is CCc1ccc(C(=O)N[C@H](Cc2ccccc2)[C@@H](O)C(=O)O)cc1-n1c(=O)[nH]c2sc(C)cc2c1=O. The first-order valence-corrected chi connectivity index (χ1v) is 12.2. The molecular formula is C26H25N3O6S. The summed E-state index contributed by atoms with van der Waals surface area (Å²) in [5, 5.41) is 22.6. The number of rotatable bonds is 8. The zero-order valence-corrected chi connectivity index (χ0v) is 20.5. The van der Waals surface area contributed by atoms with Gasteiger partial charge in [-0.25, -0.2) is 14.2 Å². The van der Waals surface area contributed by atoms with Gasteiger partial charge in [0, 0.05) is 10.4 Å². The Morgan fingerprint density at radius 1 is 1.11 bits per heavy atom. The number of carboxylic acid groups (broad SMARTS) is 1. The summed E-state index contributed by atoms with van der Waals surface area (Å²) < 4.78 is 1.01. The molecule has 0 unspecified atom stereocenters. The number of carbonyl (C=O) groups is 2. The summed E-state index contributed by atoms with van der Waals surface area (Å²) >= 11 is 1.31. The first-order valence-electron chi connectivity index (χ1n) is 11.3. The molecule has 0 aliphatic carbocycles. The lowest BCUT2D eigenvalue weighted by Gasteiger charge is -2.22. The zero-order valence-electron chi connectivity index (χ0n) is 19.6. The van der Waals surface area contributed by atoms with Crippen molar-refractivity contribution in [3.05, 3.63) is 97.0 Å². The van der Waals surface area contributed by atoms with Gasteiger partial charge < -0.3 is 15.5 Å². The number of thiophene rings is 1. The van der Waals surface area contributed by atoms with Crippen molar-refractivity contribution in [2.45, 2.75) is 38.8 Å². The average molecular weight is 508 g/mol. The number of aryl methyl sites for hydroxylation is 2. The Morgan fingerprint density at radius 3 is 2.50 bits per heavy atom. The summed E-state index contributed by atoms with van der Waals surface area (Å²) in [6.07, 6.45) is -1.25. The molecule has 0 spiro atoms. The molecule has 4 aromatic rings.